The summed E-state index contributed by atoms with van der Waals surface area (Å²) in [5.41, 5.74) is 3.63. The van der Waals surface area contributed by atoms with Crippen molar-refractivity contribution in [2.45, 2.75) is 19.4 Å². The number of hydrogen-bond acceptors (Lipinski definition) is 3. The first kappa shape index (κ1) is 18.7. The van der Waals surface area contributed by atoms with Gasteiger partial charge >= 0.3 is 5.97 Å². The number of benzene rings is 2. The number of nitrogens with one attached hydrogen (secondary N) is 1. The molecule has 0 aliphatic heterocycles. The molecule has 4 rings (SSSR count). The van der Waals surface area contributed by atoms with Crippen LogP contribution in [0, 0.1) is 0 Å². The number of aromatic nitrogens is 2. The number of para-hydroxylation sites is 1. The highest BCUT2D eigenvalue weighted by Crippen LogP contribution is 2.29. The average Bonchev–Trinajstić information content (AvgIpc) is 3.38. The molecule has 0 bridgehead atoms. The minimum atomic E-state index is -1.03. The Labute approximate surface area is 168 Å². The number of esters is 1. The lowest BCUT2D eigenvalue weighted by molar-refractivity contribution is 0.0271. The molecule has 2 aromatic heterocycles. The summed E-state index contributed by atoms with van der Waals surface area (Å²) >= 11 is 0. The molecule has 1 atom stereocenters. The van der Waals surface area contributed by atoms with Gasteiger partial charge in [0.2, 0.25) is 5.78 Å². The molecule has 5 nitrogen and oxygen atoms in total. The van der Waals surface area contributed by atoms with E-state index in [1.165, 1.54) is 0 Å². The van der Waals surface area contributed by atoms with Gasteiger partial charge in [0.15, 0.2) is 6.10 Å². The number of carbonyl (C=O) groups excluding carboxylic acids is 2. The smallest absolute Gasteiger partial charge is 0.356 e. The van der Waals surface area contributed by atoms with Crippen molar-refractivity contribution < 1.29 is 14.3 Å². The number of hydrogen-bond donors (Lipinski definition) is 1. The first-order valence-corrected chi connectivity index (χ1v) is 9.60. The molecular weight excluding hydrogens is 364 g/mol. The van der Waals surface area contributed by atoms with Crippen LogP contribution < -0.4 is 0 Å². The minimum absolute atomic E-state index is 0.252. The molecule has 0 fully saturated rings. The van der Waals surface area contributed by atoms with Crippen LogP contribution in [-0.4, -0.2) is 21.3 Å². The van der Waals surface area contributed by atoms with Crippen LogP contribution in [0.3, 0.4) is 0 Å². The number of carbonyl (C=O) groups is 2. The molecule has 1 N–H and O–H groups in total. The number of H-pyrrole nitrogens is 1. The second-order valence-corrected chi connectivity index (χ2v) is 6.96. The third-order valence-electron chi connectivity index (χ3n) is 5.17. The number of ketones is 1. The van der Waals surface area contributed by atoms with Crippen LogP contribution in [0.5, 0.6) is 0 Å². The maximum Gasteiger partial charge on any atom is 0.356 e. The quantitative estimate of drug-likeness (QED) is 0.381. The summed E-state index contributed by atoms with van der Waals surface area (Å²) in [6.45, 7) is 2.07. The predicted octanol–water partition coefficient (Wildman–Crippen LogP) is 4.85. The van der Waals surface area contributed by atoms with Gasteiger partial charge in [0.25, 0.3) is 0 Å². The largest absolute Gasteiger partial charge is 0.444 e. The van der Waals surface area contributed by atoms with Gasteiger partial charge in [-0.2, -0.15) is 0 Å². The lowest BCUT2D eigenvalue weighted by Crippen LogP contribution is -2.21. The lowest BCUT2D eigenvalue weighted by atomic mass is 9.98. The van der Waals surface area contributed by atoms with E-state index in [9.17, 15) is 9.59 Å². The van der Waals surface area contributed by atoms with Crippen LogP contribution in [0.15, 0.2) is 73.1 Å². The molecule has 0 aliphatic carbocycles. The number of fused-ring (bicyclic) bond motifs is 1. The Morgan fingerprint density at radius 3 is 2.52 bits per heavy atom. The molecule has 0 radical (unpaired) electrons. The van der Waals surface area contributed by atoms with Crippen molar-refractivity contribution in [1.29, 1.82) is 0 Å². The second-order valence-electron chi connectivity index (χ2n) is 6.96. The van der Waals surface area contributed by atoms with Crippen molar-refractivity contribution in [3.8, 4) is 0 Å². The van der Waals surface area contributed by atoms with Gasteiger partial charge < -0.3 is 14.3 Å². The molecule has 146 valence electrons. The van der Waals surface area contributed by atoms with Crippen LogP contribution >= 0.6 is 0 Å². The Morgan fingerprint density at radius 2 is 1.83 bits per heavy atom. The lowest BCUT2D eigenvalue weighted by Gasteiger charge is -2.17. The van der Waals surface area contributed by atoms with Crippen molar-refractivity contribution >= 4 is 22.7 Å². The van der Waals surface area contributed by atoms with Gasteiger partial charge in [-0.05, 0) is 24.1 Å². The summed E-state index contributed by atoms with van der Waals surface area (Å²) in [6, 6.07) is 18.5. The standard InChI is InChI=1S/C24H22N2O3/c1-3-16-11-7-12-18-19(15-25-21(16)18)22(27)23(17-9-5-4-6-10-17)29-24(28)20-13-8-14-26(20)2/h4-15,23,25H,3H2,1-2H3/t23-/m1/s1. The van der Waals surface area contributed by atoms with E-state index in [0.29, 0.717) is 16.8 Å². The molecule has 0 saturated heterocycles. The number of nitrogens with zero attached hydrogens (tertiary/aromatic N) is 1. The molecule has 2 heterocycles. The van der Waals surface area contributed by atoms with E-state index in [4.69, 9.17) is 4.74 Å². The SMILES string of the molecule is CCc1cccc2c(C(=O)[C@H](OC(=O)c3cccn3C)c3ccccc3)c[nH]c12. The van der Waals surface area contributed by atoms with Gasteiger partial charge in [0.05, 0.1) is 0 Å². The zero-order valence-corrected chi connectivity index (χ0v) is 16.4. The molecule has 0 amide bonds. The second kappa shape index (κ2) is 7.80. The van der Waals surface area contributed by atoms with E-state index in [0.717, 1.165) is 22.9 Å². The van der Waals surface area contributed by atoms with Crippen LogP contribution in [0.2, 0.25) is 0 Å². The third kappa shape index (κ3) is 3.47. The van der Waals surface area contributed by atoms with Gasteiger partial charge in [-0.25, -0.2) is 4.79 Å². The fourth-order valence-electron chi connectivity index (χ4n) is 3.60. The number of aryl methyl sites for hydroxylation is 2. The van der Waals surface area contributed by atoms with Crippen LogP contribution in [0.1, 0.15) is 45.0 Å². The predicted molar refractivity (Wildman–Crippen MR) is 112 cm³/mol. The first-order valence-electron chi connectivity index (χ1n) is 9.60. The van der Waals surface area contributed by atoms with E-state index < -0.39 is 12.1 Å². The van der Waals surface area contributed by atoms with Crippen molar-refractivity contribution in [2.75, 3.05) is 0 Å². The van der Waals surface area contributed by atoms with Crippen LogP contribution in [0.4, 0.5) is 0 Å². The normalized spacial score (nSPS) is 12.1. The van der Waals surface area contributed by atoms with E-state index >= 15 is 0 Å². The summed E-state index contributed by atoms with van der Waals surface area (Å²) in [7, 11) is 1.77. The molecule has 0 aliphatic rings. The number of ether oxygens (including phenoxy) is 1. The topological polar surface area (TPSA) is 64.1 Å². The highest BCUT2D eigenvalue weighted by molar-refractivity contribution is 6.11. The zero-order valence-electron chi connectivity index (χ0n) is 16.4. The summed E-state index contributed by atoms with van der Waals surface area (Å²) in [4.78, 5) is 29.5. The third-order valence-corrected chi connectivity index (χ3v) is 5.17. The Balaban J connectivity index is 1.75. The van der Waals surface area contributed by atoms with Crippen molar-refractivity contribution in [1.82, 2.24) is 9.55 Å². The Bertz CT molecular complexity index is 1170. The van der Waals surface area contributed by atoms with E-state index in [-0.39, 0.29) is 5.78 Å². The molecule has 0 spiro atoms. The summed E-state index contributed by atoms with van der Waals surface area (Å²) < 4.78 is 7.40. The van der Waals surface area contributed by atoms with Crippen LogP contribution in [0.25, 0.3) is 10.9 Å². The van der Waals surface area contributed by atoms with Gasteiger partial charge in [0.1, 0.15) is 5.69 Å². The van der Waals surface area contributed by atoms with Crippen molar-refractivity contribution in [3.63, 3.8) is 0 Å². The molecule has 0 saturated carbocycles. The highest BCUT2D eigenvalue weighted by atomic mass is 16.5. The maximum absolute atomic E-state index is 13.5. The van der Waals surface area contributed by atoms with Gasteiger partial charge in [0, 0.05) is 41.5 Å². The summed E-state index contributed by atoms with van der Waals surface area (Å²) in [5, 5.41) is 0.838. The minimum Gasteiger partial charge on any atom is -0.444 e. The van der Waals surface area contributed by atoms with Crippen LogP contribution in [-0.2, 0) is 18.2 Å². The molecular formula is C24H22N2O3. The fraction of sp³-hybridized carbons (Fsp3) is 0.167. The maximum atomic E-state index is 13.5. The summed E-state index contributed by atoms with van der Waals surface area (Å²) in [5.74, 6) is -0.785. The number of Topliss-reactive ketones (excluding diaryl/α,β-unsaturated/α-hetero) is 1. The summed E-state index contributed by atoms with van der Waals surface area (Å²) in [6.07, 6.45) is 3.30. The molecule has 2 aromatic carbocycles. The molecule has 5 heteroatoms. The molecule has 0 unspecified atom stereocenters. The van der Waals surface area contributed by atoms with Gasteiger partial charge in [-0.3, -0.25) is 4.79 Å². The Hall–Kier alpha value is -3.60. The highest BCUT2D eigenvalue weighted by Gasteiger charge is 2.29. The van der Waals surface area contributed by atoms with Gasteiger partial charge in [-0.15, -0.1) is 0 Å². The first-order chi connectivity index (χ1) is 14.1. The van der Waals surface area contributed by atoms with E-state index in [1.807, 2.05) is 36.4 Å². The van der Waals surface area contributed by atoms with Crippen molar-refractivity contribution in [2.24, 2.45) is 7.05 Å². The van der Waals surface area contributed by atoms with Crippen molar-refractivity contribution in [3.05, 3.63) is 95.4 Å². The Kier molecular flexibility index (Phi) is 5.04. The zero-order chi connectivity index (χ0) is 20.4. The monoisotopic (exact) mass is 386 g/mol. The van der Waals surface area contributed by atoms with E-state index in [1.54, 1.807) is 48.3 Å². The number of rotatable bonds is 6. The van der Waals surface area contributed by atoms with E-state index in [2.05, 4.69) is 11.9 Å². The molecule has 4 aromatic rings. The average molecular weight is 386 g/mol. The van der Waals surface area contributed by atoms with Gasteiger partial charge in [-0.1, -0.05) is 55.5 Å². The number of aromatic amines is 1. The fourth-order valence-corrected chi connectivity index (χ4v) is 3.60. The molecule has 29 heavy (non-hydrogen) atoms. The Morgan fingerprint density at radius 1 is 1.03 bits per heavy atom.